The molecule has 0 saturated carbocycles. The number of hydrogen-bond donors (Lipinski definition) is 2. The number of aryl methyl sites for hydroxylation is 1. The molecule has 0 bridgehead atoms. The molecule has 2 heterocycles. The molecule has 1 saturated heterocycles. The minimum Gasteiger partial charge on any atom is -0.465 e. The Bertz CT molecular complexity index is 498. The van der Waals surface area contributed by atoms with Crippen LogP contribution in [0.2, 0.25) is 0 Å². The fraction of sp³-hybridized carbons (Fsp3) is 0.688. The number of ether oxygens (including phenoxy) is 1. The lowest BCUT2D eigenvalue weighted by Gasteiger charge is -2.32. The summed E-state index contributed by atoms with van der Waals surface area (Å²) in [5.74, 6) is 2.32. The largest absolute Gasteiger partial charge is 0.465 e. The van der Waals surface area contributed by atoms with E-state index in [1.54, 1.807) is 0 Å². The van der Waals surface area contributed by atoms with Crippen LogP contribution in [-0.2, 0) is 4.74 Å². The van der Waals surface area contributed by atoms with E-state index >= 15 is 0 Å². The molecule has 0 aromatic carbocycles. The summed E-state index contributed by atoms with van der Waals surface area (Å²) in [6.07, 6.45) is 0. The van der Waals surface area contributed by atoms with Gasteiger partial charge in [-0.15, -0.1) is 0 Å². The van der Waals surface area contributed by atoms with Crippen molar-refractivity contribution >= 4 is 5.96 Å². The van der Waals surface area contributed by atoms with Crippen LogP contribution >= 0.6 is 0 Å². The summed E-state index contributed by atoms with van der Waals surface area (Å²) in [5.41, 5.74) is 5.89. The van der Waals surface area contributed by atoms with Crippen molar-refractivity contribution < 1.29 is 9.15 Å². The molecule has 0 aliphatic carbocycles. The van der Waals surface area contributed by atoms with E-state index in [1.807, 2.05) is 19.1 Å². The van der Waals surface area contributed by atoms with Crippen molar-refractivity contribution in [1.82, 2.24) is 10.2 Å². The molecule has 0 spiro atoms. The van der Waals surface area contributed by atoms with Crippen molar-refractivity contribution in [2.24, 2.45) is 10.7 Å². The fourth-order valence-corrected chi connectivity index (χ4v) is 2.52. The molecule has 22 heavy (non-hydrogen) atoms. The van der Waals surface area contributed by atoms with Crippen LogP contribution in [-0.4, -0.2) is 49.2 Å². The molecule has 1 aliphatic heterocycles. The van der Waals surface area contributed by atoms with E-state index in [0.29, 0.717) is 12.5 Å². The summed E-state index contributed by atoms with van der Waals surface area (Å²) in [5, 5.41) is 3.19. The van der Waals surface area contributed by atoms with Crippen LogP contribution in [0.5, 0.6) is 0 Å². The summed E-state index contributed by atoms with van der Waals surface area (Å²) in [6, 6.07) is 4.11. The van der Waals surface area contributed by atoms with Crippen LogP contribution in [0.4, 0.5) is 0 Å². The molecule has 0 amide bonds. The Morgan fingerprint density at radius 1 is 1.36 bits per heavy atom. The first-order valence-corrected chi connectivity index (χ1v) is 7.81. The lowest BCUT2D eigenvalue weighted by Crippen LogP contribution is -2.45. The van der Waals surface area contributed by atoms with Crippen LogP contribution in [0.1, 0.15) is 38.3 Å². The number of nitrogens with zero attached hydrogens (tertiary/aromatic N) is 2. The molecule has 1 atom stereocenters. The summed E-state index contributed by atoms with van der Waals surface area (Å²) in [4.78, 5) is 6.85. The van der Waals surface area contributed by atoms with Crippen molar-refractivity contribution in [3.8, 4) is 0 Å². The molecule has 0 radical (unpaired) electrons. The van der Waals surface area contributed by atoms with Gasteiger partial charge in [0.05, 0.1) is 25.8 Å². The Morgan fingerprint density at radius 2 is 2.05 bits per heavy atom. The normalized spacial score (nSPS) is 19.2. The maximum atomic E-state index is 5.99. The second kappa shape index (κ2) is 7.15. The van der Waals surface area contributed by atoms with Gasteiger partial charge in [0.15, 0.2) is 5.96 Å². The molecule has 2 rings (SSSR count). The van der Waals surface area contributed by atoms with Crippen LogP contribution in [0.15, 0.2) is 21.5 Å². The number of aliphatic imine (C=N–C) groups is 1. The molecule has 1 aromatic heterocycles. The zero-order chi connectivity index (χ0) is 16.2. The van der Waals surface area contributed by atoms with Gasteiger partial charge in [0.2, 0.25) is 0 Å². The minimum atomic E-state index is -0.0939. The van der Waals surface area contributed by atoms with E-state index < -0.39 is 0 Å². The third-order valence-electron chi connectivity index (χ3n) is 3.51. The van der Waals surface area contributed by atoms with E-state index in [4.69, 9.17) is 14.9 Å². The predicted molar refractivity (Wildman–Crippen MR) is 88.0 cm³/mol. The highest BCUT2D eigenvalue weighted by molar-refractivity contribution is 5.78. The summed E-state index contributed by atoms with van der Waals surface area (Å²) >= 11 is 0. The van der Waals surface area contributed by atoms with Gasteiger partial charge < -0.3 is 20.2 Å². The second-order valence-electron chi connectivity index (χ2n) is 6.71. The Morgan fingerprint density at radius 3 is 2.59 bits per heavy atom. The monoisotopic (exact) mass is 308 g/mol. The van der Waals surface area contributed by atoms with Crippen molar-refractivity contribution in [3.05, 3.63) is 23.7 Å². The molecule has 1 fully saturated rings. The standard InChI is InChI=1S/C16H28N4O2/c1-12-5-6-14(22-12)13(20-7-9-21-10-8-20)11-18-15(17)19-16(2,3)4/h5-6,13H,7-11H2,1-4H3,(H3,17,18,19). The van der Waals surface area contributed by atoms with Crippen molar-refractivity contribution in [2.75, 3.05) is 32.8 Å². The van der Waals surface area contributed by atoms with Crippen molar-refractivity contribution in [1.29, 1.82) is 0 Å². The van der Waals surface area contributed by atoms with Gasteiger partial charge in [-0.1, -0.05) is 0 Å². The molecule has 1 aliphatic rings. The quantitative estimate of drug-likeness (QED) is 0.653. The highest BCUT2D eigenvalue weighted by atomic mass is 16.5. The van der Waals surface area contributed by atoms with Crippen LogP contribution in [0.3, 0.4) is 0 Å². The van der Waals surface area contributed by atoms with Gasteiger partial charge in [0, 0.05) is 18.6 Å². The highest BCUT2D eigenvalue weighted by Gasteiger charge is 2.25. The maximum absolute atomic E-state index is 5.99. The molecule has 124 valence electrons. The molecule has 6 heteroatoms. The number of guanidine groups is 1. The van der Waals surface area contributed by atoms with E-state index in [0.717, 1.165) is 37.8 Å². The Balaban J connectivity index is 2.09. The summed E-state index contributed by atoms with van der Waals surface area (Å²) in [7, 11) is 0. The molecular formula is C16H28N4O2. The number of nitrogens with one attached hydrogen (secondary N) is 1. The first kappa shape index (κ1) is 16.8. The second-order valence-corrected chi connectivity index (χ2v) is 6.71. The first-order chi connectivity index (χ1) is 10.3. The van der Waals surface area contributed by atoms with Crippen LogP contribution in [0, 0.1) is 6.92 Å². The van der Waals surface area contributed by atoms with Gasteiger partial charge in [-0.25, -0.2) is 0 Å². The third kappa shape index (κ3) is 5.03. The third-order valence-corrected chi connectivity index (χ3v) is 3.51. The van der Waals surface area contributed by atoms with Gasteiger partial charge in [-0.2, -0.15) is 0 Å². The van der Waals surface area contributed by atoms with Crippen LogP contribution in [0.25, 0.3) is 0 Å². The highest BCUT2D eigenvalue weighted by Crippen LogP contribution is 2.24. The van der Waals surface area contributed by atoms with E-state index in [9.17, 15) is 0 Å². The van der Waals surface area contributed by atoms with Crippen LogP contribution < -0.4 is 11.1 Å². The fourth-order valence-electron chi connectivity index (χ4n) is 2.52. The SMILES string of the molecule is Cc1ccc(C(CN=C(N)NC(C)(C)C)N2CCOCC2)o1. The average Bonchev–Trinajstić information content (AvgIpc) is 2.85. The molecule has 1 unspecified atom stereocenters. The number of rotatable bonds is 4. The van der Waals surface area contributed by atoms with Crippen molar-refractivity contribution in [2.45, 2.75) is 39.3 Å². The van der Waals surface area contributed by atoms with E-state index in [1.165, 1.54) is 0 Å². The first-order valence-electron chi connectivity index (χ1n) is 7.81. The predicted octanol–water partition coefficient (Wildman–Crippen LogP) is 1.66. The van der Waals surface area contributed by atoms with Gasteiger partial charge in [-0.3, -0.25) is 9.89 Å². The topological polar surface area (TPSA) is 76.0 Å². The van der Waals surface area contributed by atoms with Gasteiger partial charge in [0.25, 0.3) is 0 Å². The zero-order valence-electron chi connectivity index (χ0n) is 14.1. The number of nitrogens with two attached hydrogens (primary N) is 1. The lowest BCUT2D eigenvalue weighted by molar-refractivity contribution is 0.0135. The van der Waals surface area contributed by atoms with Gasteiger partial charge in [-0.05, 0) is 39.8 Å². The van der Waals surface area contributed by atoms with Gasteiger partial charge >= 0.3 is 0 Å². The Labute approximate surface area is 132 Å². The average molecular weight is 308 g/mol. The molecule has 1 aromatic rings. The summed E-state index contributed by atoms with van der Waals surface area (Å²) in [6.45, 7) is 12.0. The minimum absolute atomic E-state index is 0.0939. The summed E-state index contributed by atoms with van der Waals surface area (Å²) < 4.78 is 11.3. The molecule has 6 nitrogen and oxygen atoms in total. The van der Waals surface area contributed by atoms with Gasteiger partial charge in [0.1, 0.15) is 11.5 Å². The zero-order valence-corrected chi connectivity index (χ0v) is 14.1. The maximum Gasteiger partial charge on any atom is 0.189 e. The number of morpholine rings is 1. The Kier molecular flexibility index (Phi) is 5.47. The smallest absolute Gasteiger partial charge is 0.189 e. The lowest BCUT2D eigenvalue weighted by atomic mass is 10.1. The van der Waals surface area contributed by atoms with Crippen molar-refractivity contribution in [3.63, 3.8) is 0 Å². The number of hydrogen-bond acceptors (Lipinski definition) is 4. The van der Waals surface area contributed by atoms with E-state index in [2.05, 4.69) is 36.0 Å². The molecular weight excluding hydrogens is 280 g/mol. The molecule has 3 N–H and O–H groups in total. The van der Waals surface area contributed by atoms with E-state index in [-0.39, 0.29) is 11.6 Å². The number of furan rings is 1. The Hall–Kier alpha value is -1.53.